The van der Waals surface area contributed by atoms with Crippen LogP contribution in [0.4, 0.5) is 5.69 Å². The lowest BCUT2D eigenvalue weighted by Crippen LogP contribution is -2.30. The monoisotopic (exact) mass is 329 g/mol. The lowest BCUT2D eigenvalue weighted by Gasteiger charge is -2.15. The van der Waals surface area contributed by atoms with E-state index in [9.17, 15) is 14.7 Å². The average molecular weight is 329 g/mol. The summed E-state index contributed by atoms with van der Waals surface area (Å²) in [5.74, 6) is -0.917. The summed E-state index contributed by atoms with van der Waals surface area (Å²) < 4.78 is 10.3. The zero-order valence-electron chi connectivity index (χ0n) is 13.7. The van der Waals surface area contributed by atoms with Crippen LogP contribution >= 0.6 is 0 Å². The lowest BCUT2D eigenvalue weighted by atomic mass is 10.1. The highest BCUT2D eigenvalue weighted by molar-refractivity contribution is 5.99. The standard InChI is InChI=1S/C18H19NO5/c1-11-7-6-8-13(16(11)20)18(22)24-12(2)17(21)19-14-9-4-5-10-15(14)23-3/h4-10,12,20H,1-3H3,(H,19,21)/t12-/m1/s1. The number of carbonyl (C=O) groups is 2. The molecular weight excluding hydrogens is 310 g/mol. The molecule has 0 saturated heterocycles. The van der Waals surface area contributed by atoms with E-state index in [0.717, 1.165) is 0 Å². The summed E-state index contributed by atoms with van der Waals surface area (Å²) in [6, 6.07) is 11.7. The molecular formula is C18H19NO5. The molecule has 1 amide bonds. The van der Waals surface area contributed by atoms with Crippen molar-refractivity contribution in [3.05, 3.63) is 53.6 Å². The molecule has 24 heavy (non-hydrogen) atoms. The number of aromatic hydroxyl groups is 1. The molecule has 0 spiro atoms. The van der Waals surface area contributed by atoms with E-state index in [4.69, 9.17) is 9.47 Å². The van der Waals surface area contributed by atoms with Crippen LogP contribution in [-0.4, -0.2) is 30.2 Å². The summed E-state index contributed by atoms with van der Waals surface area (Å²) >= 11 is 0. The van der Waals surface area contributed by atoms with Gasteiger partial charge in [0, 0.05) is 0 Å². The maximum Gasteiger partial charge on any atom is 0.342 e. The van der Waals surface area contributed by atoms with Crippen molar-refractivity contribution in [2.75, 3.05) is 12.4 Å². The van der Waals surface area contributed by atoms with Crippen LogP contribution in [0.5, 0.6) is 11.5 Å². The fourth-order valence-corrected chi connectivity index (χ4v) is 2.08. The summed E-state index contributed by atoms with van der Waals surface area (Å²) in [5.41, 5.74) is 1.05. The third-order valence-corrected chi connectivity index (χ3v) is 3.48. The fraction of sp³-hybridized carbons (Fsp3) is 0.222. The molecule has 6 nitrogen and oxygen atoms in total. The molecule has 2 N–H and O–H groups in total. The van der Waals surface area contributed by atoms with Crippen molar-refractivity contribution in [3.63, 3.8) is 0 Å². The van der Waals surface area contributed by atoms with Gasteiger partial charge in [-0.05, 0) is 37.6 Å². The van der Waals surface area contributed by atoms with Crippen LogP contribution in [0.1, 0.15) is 22.8 Å². The Bertz CT molecular complexity index is 757. The van der Waals surface area contributed by atoms with Crippen molar-refractivity contribution in [2.24, 2.45) is 0 Å². The van der Waals surface area contributed by atoms with E-state index in [-0.39, 0.29) is 11.3 Å². The van der Waals surface area contributed by atoms with Gasteiger partial charge >= 0.3 is 5.97 Å². The smallest absolute Gasteiger partial charge is 0.342 e. The summed E-state index contributed by atoms with van der Waals surface area (Å²) in [7, 11) is 1.49. The maximum atomic E-state index is 12.2. The molecule has 1 atom stereocenters. The minimum Gasteiger partial charge on any atom is -0.507 e. The molecule has 0 fully saturated rings. The minimum atomic E-state index is -1.04. The van der Waals surface area contributed by atoms with Crippen molar-refractivity contribution < 1.29 is 24.2 Å². The first-order chi connectivity index (χ1) is 11.4. The first-order valence-corrected chi connectivity index (χ1v) is 7.37. The topological polar surface area (TPSA) is 84.9 Å². The molecule has 0 radical (unpaired) electrons. The predicted octanol–water partition coefficient (Wildman–Crippen LogP) is 2.89. The van der Waals surface area contributed by atoms with Crippen molar-refractivity contribution in [1.29, 1.82) is 0 Å². The number of hydrogen-bond donors (Lipinski definition) is 2. The SMILES string of the molecule is COc1ccccc1NC(=O)[C@@H](C)OC(=O)c1cccc(C)c1O. The van der Waals surface area contributed by atoms with Gasteiger partial charge < -0.3 is 19.9 Å². The van der Waals surface area contributed by atoms with E-state index in [1.807, 2.05) is 0 Å². The number of benzene rings is 2. The Hall–Kier alpha value is -3.02. The van der Waals surface area contributed by atoms with Gasteiger partial charge in [0.15, 0.2) is 6.10 Å². The number of methoxy groups -OCH3 is 1. The van der Waals surface area contributed by atoms with Crippen LogP contribution in [0.3, 0.4) is 0 Å². The lowest BCUT2D eigenvalue weighted by molar-refractivity contribution is -0.123. The Morgan fingerprint density at radius 2 is 1.83 bits per heavy atom. The number of nitrogens with one attached hydrogen (secondary N) is 1. The molecule has 0 aliphatic carbocycles. The summed E-state index contributed by atoms with van der Waals surface area (Å²) in [6.07, 6.45) is -1.04. The summed E-state index contributed by atoms with van der Waals surface area (Å²) in [6.45, 7) is 3.12. The number of rotatable bonds is 5. The molecule has 126 valence electrons. The second kappa shape index (κ2) is 7.50. The van der Waals surface area contributed by atoms with Gasteiger partial charge in [0.05, 0.1) is 12.8 Å². The highest BCUT2D eigenvalue weighted by Gasteiger charge is 2.22. The predicted molar refractivity (Wildman–Crippen MR) is 89.3 cm³/mol. The number of ether oxygens (including phenoxy) is 2. The number of aryl methyl sites for hydroxylation is 1. The highest BCUT2D eigenvalue weighted by Crippen LogP contribution is 2.24. The first kappa shape index (κ1) is 17.3. The van der Waals surface area contributed by atoms with Crippen LogP contribution in [0.15, 0.2) is 42.5 Å². The van der Waals surface area contributed by atoms with Crippen molar-refractivity contribution in [3.8, 4) is 11.5 Å². The Labute approximate surface area is 140 Å². The van der Waals surface area contributed by atoms with E-state index in [1.165, 1.54) is 20.1 Å². The average Bonchev–Trinajstić information content (AvgIpc) is 2.57. The number of esters is 1. The summed E-state index contributed by atoms with van der Waals surface area (Å²) in [5, 5.41) is 12.5. The Kier molecular flexibility index (Phi) is 5.42. The van der Waals surface area contributed by atoms with Crippen LogP contribution in [-0.2, 0) is 9.53 Å². The van der Waals surface area contributed by atoms with Crippen LogP contribution in [0.25, 0.3) is 0 Å². The van der Waals surface area contributed by atoms with Crippen LogP contribution in [0.2, 0.25) is 0 Å². The van der Waals surface area contributed by atoms with Crippen LogP contribution in [0, 0.1) is 6.92 Å². The third-order valence-electron chi connectivity index (χ3n) is 3.48. The number of phenolic OH excluding ortho intramolecular Hbond substituents is 1. The molecule has 0 unspecified atom stereocenters. The minimum absolute atomic E-state index is 0.0203. The van der Waals surface area contributed by atoms with Crippen molar-refractivity contribution >= 4 is 17.6 Å². The van der Waals surface area contributed by atoms with E-state index in [1.54, 1.807) is 43.3 Å². The fourth-order valence-electron chi connectivity index (χ4n) is 2.08. The van der Waals surface area contributed by atoms with Gasteiger partial charge in [0.1, 0.15) is 17.1 Å². The van der Waals surface area contributed by atoms with Gasteiger partial charge in [0.2, 0.25) is 0 Å². The second-order valence-electron chi connectivity index (χ2n) is 5.21. The maximum absolute atomic E-state index is 12.2. The highest BCUT2D eigenvalue weighted by atomic mass is 16.5. The quantitative estimate of drug-likeness (QED) is 0.824. The van der Waals surface area contributed by atoms with Gasteiger partial charge in [-0.2, -0.15) is 0 Å². The second-order valence-corrected chi connectivity index (χ2v) is 5.21. The van der Waals surface area contributed by atoms with Crippen LogP contribution < -0.4 is 10.1 Å². The van der Waals surface area contributed by atoms with E-state index in [2.05, 4.69) is 5.32 Å². The Balaban J connectivity index is 2.06. The molecule has 0 aromatic heterocycles. The molecule has 0 saturated carbocycles. The van der Waals surface area contributed by atoms with Gasteiger partial charge in [0.25, 0.3) is 5.91 Å². The number of phenols is 1. The number of amides is 1. The number of para-hydroxylation sites is 3. The number of anilines is 1. The molecule has 0 bridgehead atoms. The Morgan fingerprint density at radius 3 is 2.54 bits per heavy atom. The zero-order chi connectivity index (χ0) is 17.7. The first-order valence-electron chi connectivity index (χ1n) is 7.37. The molecule has 6 heteroatoms. The van der Waals surface area contributed by atoms with Gasteiger partial charge in [-0.1, -0.05) is 24.3 Å². The zero-order valence-corrected chi connectivity index (χ0v) is 13.7. The molecule has 0 aliphatic rings. The van der Waals surface area contributed by atoms with Gasteiger partial charge in [-0.15, -0.1) is 0 Å². The van der Waals surface area contributed by atoms with E-state index >= 15 is 0 Å². The summed E-state index contributed by atoms with van der Waals surface area (Å²) in [4.78, 5) is 24.3. The molecule has 0 heterocycles. The molecule has 0 aliphatic heterocycles. The largest absolute Gasteiger partial charge is 0.507 e. The number of hydrogen-bond acceptors (Lipinski definition) is 5. The molecule has 2 aromatic rings. The van der Waals surface area contributed by atoms with Crippen molar-refractivity contribution in [2.45, 2.75) is 20.0 Å². The van der Waals surface area contributed by atoms with Gasteiger partial charge in [-0.25, -0.2) is 4.79 Å². The number of carbonyl (C=O) groups excluding carboxylic acids is 2. The van der Waals surface area contributed by atoms with E-state index in [0.29, 0.717) is 17.0 Å². The van der Waals surface area contributed by atoms with Crippen molar-refractivity contribution in [1.82, 2.24) is 0 Å². The molecule has 2 aromatic carbocycles. The van der Waals surface area contributed by atoms with E-state index < -0.39 is 18.0 Å². The van der Waals surface area contributed by atoms with Gasteiger partial charge in [-0.3, -0.25) is 4.79 Å². The third kappa shape index (κ3) is 3.84. The normalized spacial score (nSPS) is 11.5. The molecule has 2 rings (SSSR count). The Morgan fingerprint density at radius 1 is 1.12 bits per heavy atom.